The highest BCUT2D eigenvalue weighted by molar-refractivity contribution is 6.36. The molecule has 1 fully saturated rings. The lowest BCUT2D eigenvalue weighted by Crippen LogP contribution is -2.26. The molecule has 4 rings (SSSR count). The van der Waals surface area contributed by atoms with Gasteiger partial charge >= 0.3 is 6.18 Å². The molecule has 1 aromatic carbocycles. The van der Waals surface area contributed by atoms with Crippen LogP contribution in [0.1, 0.15) is 48.7 Å². The van der Waals surface area contributed by atoms with Crippen LogP contribution in [0.15, 0.2) is 30.5 Å². The van der Waals surface area contributed by atoms with E-state index in [9.17, 15) is 18.0 Å². The van der Waals surface area contributed by atoms with Gasteiger partial charge in [-0.2, -0.15) is 23.4 Å². The molecular formula is C20H17Cl3F3N5O. The highest BCUT2D eigenvalue weighted by Crippen LogP contribution is 2.47. The van der Waals surface area contributed by atoms with Crippen molar-refractivity contribution in [1.29, 1.82) is 0 Å². The summed E-state index contributed by atoms with van der Waals surface area (Å²) in [5.41, 5.74) is -0.271. The largest absolute Gasteiger partial charge is 0.436 e. The van der Waals surface area contributed by atoms with Gasteiger partial charge in [0.2, 0.25) is 5.91 Å². The number of amides is 1. The van der Waals surface area contributed by atoms with Crippen molar-refractivity contribution in [3.63, 3.8) is 0 Å². The first kappa shape index (κ1) is 22.9. The average Bonchev–Trinajstić information content (AvgIpc) is 3.34. The molecule has 6 nitrogen and oxygen atoms in total. The molecule has 1 N–H and O–H groups in total. The lowest BCUT2D eigenvalue weighted by atomic mass is 10.2. The van der Waals surface area contributed by atoms with Crippen LogP contribution in [-0.2, 0) is 17.5 Å². The summed E-state index contributed by atoms with van der Waals surface area (Å²) in [6.45, 7) is 1.74. The van der Waals surface area contributed by atoms with Gasteiger partial charge in [-0.1, -0.05) is 40.9 Å². The van der Waals surface area contributed by atoms with Gasteiger partial charge in [0, 0.05) is 33.8 Å². The number of aromatic nitrogens is 4. The second kappa shape index (κ2) is 8.61. The Labute approximate surface area is 196 Å². The van der Waals surface area contributed by atoms with Crippen molar-refractivity contribution in [3.05, 3.63) is 62.5 Å². The van der Waals surface area contributed by atoms with Crippen LogP contribution >= 0.6 is 34.8 Å². The van der Waals surface area contributed by atoms with E-state index in [1.165, 1.54) is 11.6 Å². The number of halogens is 6. The van der Waals surface area contributed by atoms with E-state index in [0.717, 1.165) is 4.68 Å². The Kier molecular flexibility index (Phi) is 6.17. The fraction of sp³-hybridized carbons (Fsp3) is 0.350. The third-order valence-electron chi connectivity index (χ3n) is 5.14. The highest BCUT2D eigenvalue weighted by Gasteiger charge is 2.43. The van der Waals surface area contributed by atoms with E-state index in [-0.39, 0.29) is 24.0 Å². The summed E-state index contributed by atoms with van der Waals surface area (Å²) in [5.74, 6) is -0.478. The summed E-state index contributed by atoms with van der Waals surface area (Å²) in [6, 6.07) is 5.68. The topological polar surface area (TPSA) is 64.7 Å². The SMILES string of the molecule is CC(C(=O)Nc1ccn(Cc2c(Cl)cccc2Cl)n1)n1nc(C(F)(F)F)c(Cl)c1C1CC1. The van der Waals surface area contributed by atoms with Crippen LogP contribution in [-0.4, -0.2) is 25.5 Å². The molecule has 32 heavy (non-hydrogen) atoms. The Morgan fingerprint density at radius 1 is 1.19 bits per heavy atom. The van der Waals surface area contributed by atoms with Crippen molar-refractivity contribution in [3.8, 4) is 0 Å². The van der Waals surface area contributed by atoms with Crippen molar-refractivity contribution >= 4 is 46.5 Å². The van der Waals surface area contributed by atoms with Crippen molar-refractivity contribution in [1.82, 2.24) is 19.6 Å². The van der Waals surface area contributed by atoms with Gasteiger partial charge in [-0.3, -0.25) is 14.2 Å². The Morgan fingerprint density at radius 3 is 2.44 bits per heavy atom. The van der Waals surface area contributed by atoms with E-state index in [1.807, 2.05) is 0 Å². The van der Waals surface area contributed by atoms with Crippen LogP contribution in [0, 0.1) is 0 Å². The summed E-state index contributed by atoms with van der Waals surface area (Å²) in [6.07, 6.45) is -1.68. The zero-order chi connectivity index (χ0) is 23.2. The Morgan fingerprint density at radius 2 is 1.84 bits per heavy atom. The van der Waals surface area contributed by atoms with Crippen LogP contribution in [0.3, 0.4) is 0 Å². The third-order valence-corrected chi connectivity index (χ3v) is 6.22. The van der Waals surface area contributed by atoms with Crippen LogP contribution in [0.25, 0.3) is 0 Å². The maximum atomic E-state index is 13.3. The number of carbonyl (C=O) groups is 1. The molecule has 0 spiro atoms. The normalized spacial score (nSPS) is 15.1. The summed E-state index contributed by atoms with van der Waals surface area (Å²) in [7, 11) is 0. The van der Waals surface area contributed by atoms with Gasteiger partial charge in [-0.25, -0.2) is 0 Å². The van der Waals surface area contributed by atoms with Gasteiger partial charge in [0.25, 0.3) is 0 Å². The van der Waals surface area contributed by atoms with E-state index >= 15 is 0 Å². The van der Waals surface area contributed by atoms with Crippen molar-refractivity contribution in [2.45, 2.75) is 44.4 Å². The summed E-state index contributed by atoms with van der Waals surface area (Å²) in [4.78, 5) is 12.8. The number of hydrogen-bond donors (Lipinski definition) is 1. The molecule has 1 saturated carbocycles. The van der Waals surface area contributed by atoms with Crippen LogP contribution in [0.2, 0.25) is 15.1 Å². The molecular weight excluding hydrogens is 490 g/mol. The molecule has 1 atom stereocenters. The number of carbonyl (C=O) groups excluding carboxylic acids is 1. The van der Waals surface area contributed by atoms with E-state index in [4.69, 9.17) is 34.8 Å². The minimum Gasteiger partial charge on any atom is -0.307 e. The van der Waals surface area contributed by atoms with Gasteiger partial charge in [0.15, 0.2) is 11.5 Å². The Bertz CT molecular complexity index is 1150. The molecule has 0 saturated heterocycles. The Balaban J connectivity index is 1.52. The van der Waals surface area contributed by atoms with Crippen molar-refractivity contribution in [2.75, 3.05) is 5.32 Å². The number of benzene rings is 1. The molecule has 1 unspecified atom stereocenters. The standard InChI is InChI=1S/C20H17Cl3F3N5O/c1-10(31-17(11-5-6-11)16(23)18(29-31)20(24,25)26)19(32)27-15-7-8-30(28-15)9-12-13(21)3-2-4-14(12)22/h2-4,7-8,10-11H,5-6,9H2,1H3,(H,27,28,32). The maximum absolute atomic E-state index is 13.3. The quantitative estimate of drug-likeness (QED) is 0.434. The van der Waals surface area contributed by atoms with Gasteiger partial charge in [-0.15, -0.1) is 0 Å². The number of anilines is 1. The smallest absolute Gasteiger partial charge is 0.307 e. The first-order valence-corrected chi connectivity index (χ1v) is 10.8. The van der Waals surface area contributed by atoms with E-state index in [2.05, 4.69) is 15.5 Å². The van der Waals surface area contributed by atoms with Crippen LogP contribution < -0.4 is 5.32 Å². The first-order valence-electron chi connectivity index (χ1n) is 9.68. The fourth-order valence-corrected chi connectivity index (χ4v) is 4.23. The molecule has 1 amide bonds. The van der Waals surface area contributed by atoms with Crippen LogP contribution in [0.5, 0.6) is 0 Å². The monoisotopic (exact) mass is 505 g/mol. The van der Waals surface area contributed by atoms with E-state index in [1.54, 1.807) is 30.5 Å². The molecule has 12 heteroatoms. The molecule has 2 aromatic heterocycles. The summed E-state index contributed by atoms with van der Waals surface area (Å²) >= 11 is 18.3. The van der Waals surface area contributed by atoms with Crippen LogP contribution in [0.4, 0.5) is 19.0 Å². The first-order chi connectivity index (χ1) is 15.1. The molecule has 0 aliphatic heterocycles. The van der Waals surface area contributed by atoms with Crippen molar-refractivity contribution < 1.29 is 18.0 Å². The van der Waals surface area contributed by atoms with Gasteiger partial charge < -0.3 is 5.32 Å². The zero-order valence-electron chi connectivity index (χ0n) is 16.6. The number of alkyl halides is 3. The third kappa shape index (κ3) is 4.60. The maximum Gasteiger partial charge on any atom is 0.436 e. The minimum atomic E-state index is -4.71. The van der Waals surface area contributed by atoms with Gasteiger partial charge in [0.05, 0.1) is 17.3 Å². The molecule has 170 valence electrons. The fourth-order valence-electron chi connectivity index (χ4n) is 3.33. The van der Waals surface area contributed by atoms with E-state index in [0.29, 0.717) is 28.5 Å². The molecule has 1 aliphatic carbocycles. The lowest BCUT2D eigenvalue weighted by Gasteiger charge is -2.15. The predicted molar refractivity (Wildman–Crippen MR) is 115 cm³/mol. The molecule has 2 heterocycles. The molecule has 3 aromatic rings. The molecule has 1 aliphatic rings. The van der Waals surface area contributed by atoms with Gasteiger partial charge in [0.1, 0.15) is 6.04 Å². The minimum absolute atomic E-state index is 0.138. The predicted octanol–water partition coefficient (Wildman–Crippen LogP) is 6.18. The second-order valence-electron chi connectivity index (χ2n) is 7.53. The Hall–Kier alpha value is -2.23. The number of rotatable bonds is 6. The molecule has 0 bridgehead atoms. The summed E-state index contributed by atoms with van der Waals surface area (Å²) in [5, 5.41) is 11.0. The number of nitrogens with zero attached hydrogens (tertiary/aromatic N) is 4. The summed E-state index contributed by atoms with van der Waals surface area (Å²) < 4.78 is 42.5. The number of hydrogen-bond acceptors (Lipinski definition) is 3. The lowest BCUT2D eigenvalue weighted by molar-refractivity contribution is -0.141. The number of nitrogens with one attached hydrogen (secondary N) is 1. The van der Waals surface area contributed by atoms with E-state index < -0.39 is 28.8 Å². The zero-order valence-corrected chi connectivity index (χ0v) is 18.9. The van der Waals surface area contributed by atoms with Gasteiger partial charge in [-0.05, 0) is 31.9 Å². The second-order valence-corrected chi connectivity index (χ2v) is 8.72. The highest BCUT2D eigenvalue weighted by atomic mass is 35.5. The molecule has 0 radical (unpaired) electrons. The van der Waals surface area contributed by atoms with Crippen molar-refractivity contribution in [2.24, 2.45) is 0 Å². The average molecular weight is 507 g/mol.